The van der Waals surface area contributed by atoms with Gasteiger partial charge in [-0.1, -0.05) is 102 Å². The zero-order valence-electron chi connectivity index (χ0n) is 22.0. The summed E-state index contributed by atoms with van der Waals surface area (Å²) in [5.41, 5.74) is 3.96. The maximum absolute atomic E-state index is 4.72. The first-order chi connectivity index (χ1) is 16.7. The first kappa shape index (κ1) is 25.4. The van der Waals surface area contributed by atoms with Crippen LogP contribution in [0.3, 0.4) is 0 Å². The molecule has 2 nitrogen and oxygen atoms in total. The fourth-order valence-electron chi connectivity index (χ4n) is 6.48. The van der Waals surface area contributed by atoms with Gasteiger partial charge in [-0.05, 0) is 73.3 Å². The van der Waals surface area contributed by atoms with Crippen LogP contribution in [0.25, 0.3) is 11.4 Å². The Labute approximate surface area is 209 Å². The van der Waals surface area contributed by atoms with Gasteiger partial charge in [0.2, 0.25) is 0 Å². The van der Waals surface area contributed by atoms with Crippen LogP contribution in [0.4, 0.5) is 0 Å². The van der Waals surface area contributed by atoms with E-state index in [0.29, 0.717) is 0 Å². The van der Waals surface area contributed by atoms with Gasteiger partial charge >= 0.3 is 0 Å². The smallest absolute Gasteiger partial charge is 0.159 e. The summed E-state index contributed by atoms with van der Waals surface area (Å²) in [6, 6.07) is 9.16. The monoisotopic (exact) mass is 460 g/mol. The highest BCUT2D eigenvalue weighted by Crippen LogP contribution is 2.38. The standard InChI is InChI=1S/C32H48N2/c1-3-5-6-7-8-26-15-17-29(18-16-26)30-19-21-31(22-20-30)32-33-23-28(24-34-32)14-13-27-11-9-25(4-2)10-12-27/h19-27,29H,3-18H2,1-2H3/t25-,26-,27-,29-. The molecule has 0 amide bonds. The zero-order valence-corrected chi connectivity index (χ0v) is 22.0. The molecule has 2 aliphatic rings. The molecule has 4 rings (SSSR count). The molecule has 0 radical (unpaired) electrons. The quantitative estimate of drug-likeness (QED) is 0.312. The van der Waals surface area contributed by atoms with Gasteiger partial charge < -0.3 is 0 Å². The fourth-order valence-corrected chi connectivity index (χ4v) is 6.48. The van der Waals surface area contributed by atoms with Gasteiger partial charge in [-0.2, -0.15) is 0 Å². The lowest BCUT2D eigenvalue weighted by atomic mass is 9.77. The Hall–Kier alpha value is -1.70. The number of nitrogens with zero attached hydrogens (tertiary/aromatic N) is 2. The molecule has 0 unspecified atom stereocenters. The highest BCUT2D eigenvalue weighted by atomic mass is 14.9. The molecule has 0 bridgehead atoms. The fraction of sp³-hybridized carbons (Fsp3) is 0.688. The van der Waals surface area contributed by atoms with Crippen molar-refractivity contribution < 1.29 is 0 Å². The Kier molecular flexibility index (Phi) is 10.0. The van der Waals surface area contributed by atoms with E-state index in [2.05, 4.69) is 50.5 Å². The largest absolute Gasteiger partial charge is 0.236 e. The molecule has 2 fully saturated rings. The van der Waals surface area contributed by atoms with Gasteiger partial charge in [-0.15, -0.1) is 0 Å². The third kappa shape index (κ3) is 7.40. The molecule has 2 aromatic rings. The summed E-state index contributed by atoms with van der Waals surface area (Å²) in [4.78, 5) is 9.44. The molecule has 0 saturated heterocycles. The molecule has 1 heterocycles. The Morgan fingerprint density at radius 1 is 0.676 bits per heavy atom. The van der Waals surface area contributed by atoms with E-state index in [-0.39, 0.29) is 0 Å². The first-order valence-electron chi connectivity index (χ1n) is 14.7. The number of hydrogen-bond acceptors (Lipinski definition) is 2. The Morgan fingerprint density at radius 3 is 1.94 bits per heavy atom. The van der Waals surface area contributed by atoms with Crippen molar-refractivity contribution in [3.8, 4) is 11.4 Å². The Bertz CT molecular complexity index is 809. The average molecular weight is 461 g/mol. The molecule has 2 heteroatoms. The molecule has 186 valence electrons. The first-order valence-corrected chi connectivity index (χ1v) is 14.7. The van der Waals surface area contributed by atoms with Crippen molar-refractivity contribution >= 4 is 0 Å². The van der Waals surface area contributed by atoms with Crippen LogP contribution in [0.5, 0.6) is 0 Å². The molecule has 34 heavy (non-hydrogen) atoms. The second-order valence-electron chi connectivity index (χ2n) is 11.4. The normalized spacial score (nSPS) is 25.4. The van der Waals surface area contributed by atoms with Crippen molar-refractivity contribution in [1.29, 1.82) is 0 Å². The number of aromatic nitrogens is 2. The Balaban J connectivity index is 1.22. The van der Waals surface area contributed by atoms with Crippen LogP contribution in [0.2, 0.25) is 0 Å². The molecule has 0 spiro atoms. The number of aryl methyl sites for hydroxylation is 1. The highest BCUT2D eigenvalue weighted by molar-refractivity contribution is 5.55. The Morgan fingerprint density at radius 2 is 1.29 bits per heavy atom. The minimum Gasteiger partial charge on any atom is -0.236 e. The minimum absolute atomic E-state index is 0.747. The van der Waals surface area contributed by atoms with Crippen LogP contribution < -0.4 is 0 Å². The van der Waals surface area contributed by atoms with E-state index in [1.165, 1.54) is 107 Å². The maximum atomic E-state index is 4.72. The molecule has 0 N–H and O–H groups in total. The third-order valence-corrected chi connectivity index (χ3v) is 9.04. The van der Waals surface area contributed by atoms with Crippen molar-refractivity contribution in [1.82, 2.24) is 9.97 Å². The number of rotatable bonds is 11. The maximum Gasteiger partial charge on any atom is 0.159 e. The number of benzene rings is 1. The molecule has 1 aromatic heterocycles. The van der Waals surface area contributed by atoms with Gasteiger partial charge in [-0.3, -0.25) is 0 Å². The summed E-state index contributed by atoms with van der Waals surface area (Å²) in [6.07, 6.45) is 26.3. The van der Waals surface area contributed by atoms with Crippen LogP contribution >= 0.6 is 0 Å². The van der Waals surface area contributed by atoms with Crippen molar-refractivity contribution in [2.24, 2.45) is 17.8 Å². The topological polar surface area (TPSA) is 25.8 Å². The van der Waals surface area contributed by atoms with E-state index in [9.17, 15) is 0 Å². The lowest BCUT2D eigenvalue weighted by molar-refractivity contribution is 0.258. The van der Waals surface area contributed by atoms with Crippen LogP contribution in [0.1, 0.15) is 127 Å². The van der Waals surface area contributed by atoms with Crippen molar-refractivity contribution in [2.75, 3.05) is 0 Å². The van der Waals surface area contributed by atoms with Crippen molar-refractivity contribution in [3.63, 3.8) is 0 Å². The summed E-state index contributed by atoms with van der Waals surface area (Å²) in [7, 11) is 0. The van der Waals surface area contributed by atoms with Gasteiger partial charge in [0.1, 0.15) is 0 Å². The van der Waals surface area contributed by atoms with E-state index in [1.54, 1.807) is 0 Å². The van der Waals surface area contributed by atoms with Crippen LogP contribution in [-0.4, -0.2) is 9.97 Å². The third-order valence-electron chi connectivity index (χ3n) is 9.04. The van der Waals surface area contributed by atoms with Crippen LogP contribution in [0, 0.1) is 17.8 Å². The summed E-state index contributed by atoms with van der Waals surface area (Å²) < 4.78 is 0. The average Bonchev–Trinajstić information content (AvgIpc) is 2.91. The molecule has 2 aliphatic carbocycles. The second kappa shape index (κ2) is 13.4. The summed E-state index contributed by atoms with van der Waals surface area (Å²) >= 11 is 0. The number of unbranched alkanes of at least 4 members (excludes halogenated alkanes) is 3. The van der Waals surface area contributed by atoms with Gasteiger partial charge in [0, 0.05) is 18.0 Å². The van der Waals surface area contributed by atoms with E-state index < -0.39 is 0 Å². The van der Waals surface area contributed by atoms with E-state index >= 15 is 0 Å². The zero-order chi connectivity index (χ0) is 23.6. The van der Waals surface area contributed by atoms with E-state index in [1.807, 2.05) is 0 Å². The van der Waals surface area contributed by atoms with E-state index in [4.69, 9.17) is 9.97 Å². The molecule has 1 aromatic carbocycles. The summed E-state index contributed by atoms with van der Waals surface area (Å²) in [5.74, 6) is 4.49. The molecule has 2 saturated carbocycles. The summed E-state index contributed by atoms with van der Waals surface area (Å²) in [6.45, 7) is 4.65. The summed E-state index contributed by atoms with van der Waals surface area (Å²) in [5, 5.41) is 0. The minimum atomic E-state index is 0.747. The number of hydrogen-bond donors (Lipinski definition) is 0. The van der Waals surface area contributed by atoms with Crippen molar-refractivity contribution in [2.45, 2.75) is 122 Å². The molecular weight excluding hydrogens is 412 g/mol. The lowest BCUT2D eigenvalue weighted by Crippen LogP contribution is -2.14. The van der Waals surface area contributed by atoms with Gasteiger partial charge in [-0.25, -0.2) is 9.97 Å². The van der Waals surface area contributed by atoms with Crippen LogP contribution in [-0.2, 0) is 6.42 Å². The predicted molar refractivity (Wildman–Crippen MR) is 145 cm³/mol. The SMILES string of the molecule is CCCCCC[C@H]1CC[C@H](c2ccc(-c3ncc(CC[C@H]4CC[C@H](CC)CC4)cn3)cc2)CC1. The van der Waals surface area contributed by atoms with Gasteiger partial charge in [0.05, 0.1) is 0 Å². The lowest BCUT2D eigenvalue weighted by Gasteiger charge is -2.29. The highest BCUT2D eigenvalue weighted by Gasteiger charge is 2.22. The van der Waals surface area contributed by atoms with Crippen LogP contribution in [0.15, 0.2) is 36.7 Å². The van der Waals surface area contributed by atoms with Gasteiger partial charge in [0.15, 0.2) is 5.82 Å². The van der Waals surface area contributed by atoms with Gasteiger partial charge in [0.25, 0.3) is 0 Å². The predicted octanol–water partition coefficient (Wildman–Crippen LogP) is 9.54. The molecule has 0 atom stereocenters. The molecule has 0 aliphatic heterocycles. The second-order valence-corrected chi connectivity index (χ2v) is 11.4. The molecular formula is C32H48N2. The van der Waals surface area contributed by atoms with Crippen molar-refractivity contribution in [3.05, 3.63) is 47.8 Å². The van der Waals surface area contributed by atoms with E-state index in [0.717, 1.165) is 41.5 Å².